The number of amides is 1. The van der Waals surface area contributed by atoms with Gasteiger partial charge in [0.25, 0.3) is 5.91 Å². The van der Waals surface area contributed by atoms with E-state index in [-0.39, 0.29) is 16.0 Å². The third-order valence-corrected chi connectivity index (χ3v) is 3.38. The van der Waals surface area contributed by atoms with Crippen LogP contribution in [0.15, 0.2) is 36.4 Å². The topological polar surface area (TPSA) is 38.3 Å². The smallest absolute Gasteiger partial charge is 0.255 e. The van der Waals surface area contributed by atoms with E-state index in [2.05, 4.69) is 5.32 Å². The van der Waals surface area contributed by atoms with Crippen molar-refractivity contribution in [2.75, 3.05) is 12.4 Å². The Morgan fingerprint density at radius 1 is 1.05 bits per heavy atom. The fourth-order valence-electron chi connectivity index (χ4n) is 1.62. The van der Waals surface area contributed by atoms with Gasteiger partial charge in [-0.1, -0.05) is 34.8 Å². The fraction of sp³-hybridized carbons (Fsp3) is 0.0714. The van der Waals surface area contributed by atoms with Crippen molar-refractivity contribution >= 4 is 46.4 Å². The zero-order chi connectivity index (χ0) is 14.7. The van der Waals surface area contributed by atoms with Crippen molar-refractivity contribution in [3.63, 3.8) is 0 Å². The van der Waals surface area contributed by atoms with Gasteiger partial charge < -0.3 is 10.1 Å². The number of nitrogens with one attached hydrogen (secondary N) is 1. The molecule has 2 aromatic rings. The lowest BCUT2D eigenvalue weighted by molar-refractivity contribution is 0.102. The maximum absolute atomic E-state index is 12.1. The van der Waals surface area contributed by atoms with Crippen molar-refractivity contribution in [2.24, 2.45) is 0 Å². The van der Waals surface area contributed by atoms with Gasteiger partial charge in [-0.15, -0.1) is 0 Å². The van der Waals surface area contributed by atoms with E-state index in [1.54, 1.807) is 24.3 Å². The van der Waals surface area contributed by atoms with Crippen LogP contribution in [0.5, 0.6) is 5.75 Å². The molecule has 0 atom stereocenters. The van der Waals surface area contributed by atoms with Crippen LogP contribution in [-0.4, -0.2) is 13.0 Å². The normalized spacial score (nSPS) is 10.2. The molecule has 0 radical (unpaired) electrons. The summed E-state index contributed by atoms with van der Waals surface area (Å²) in [5, 5.41) is 3.88. The molecule has 1 amide bonds. The van der Waals surface area contributed by atoms with Crippen LogP contribution >= 0.6 is 34.8 Å². The molecule has 0 aromatic heterocycles. The van der Waals surface area contributed by atoms with Crippen LogP contribution in [-0.2, 0) is 0 Å². The van der Waals surface area contributed by atoms with Gasteiger partial charge in [-0.3, -0.25) is 4.79 Å². The summed E-state index contributed by atoms with van der Waals surface area (Å²) in [6, 6.07) is 9.77. The zero-order valence-corrected chi connectivity index (χ0v) is 12.7. The molecule has 0 saturated heterocycles. The van der Waals surface area contributed by atoms with Crippen molar-refractivity contribution in [1.29, 1.82) is 0 Å². The molecule has 0 aliphatic carbocycles. The zero-order valence-electron chi connectivity index (χ0n) is 10.4. The Morgan fingerprint density at radius 3 is 2.10 bits per heavy atom. The standard InChI is InChI=1S/C14H10Cl3NO2/c1-20-13-11(16)6-8(7-12(13)17)14(19)18-10-4-2-9(15)3-5-10/h2-7H,1H3,(H,18,19). The highest BCUT2D eigenvalue weighted by Crippen LogP contribution is 2.34. The molecule has 0 saturated carbocycles. The molecule has 104 valence electrons. The van der Waals surface area contributed by atoms with Gasteiger partial charge in [0.1, 0.15) is 0 Å². The number of benzene rings is 2. The van der Waals surface area contributed by atoms with Crippen LogP contribution in [0.4, 0.5) is 5.69 Å². The summed E-state index contributed by atoms with van der Waals surface area (Å²) in [7, 11) is 1.46. The minimum absolute atomic E-state index is 0.279. The number of rotatable bonds is 3. The molecule has 2 rings (SSSR count). The summed E-state index contributed by atoms with van der Waals surface area (Å²) in [6.07, 6.45) is 0. The maximum Gasteiger partial charge on any atom is 0.255 e. The average Bonchev–Trinajstić information content (AvgIpc) is 2.41. The predicted molar refractivity (Wildman–Crippen MR) is 82.4 cm³/mol. The molecule has 0 aliphatic heterocycles. The molecule has 0 unspecified atom stereocenters. The van der Waals surface area contributed by atoms with Gasteiger partial charge in [0.15, 0.2) is 5.75 Å². The molecule has 1 N–H and O–H groups in total. The monoisotopic (exact) mass is 329 g/mol. The molecule has 2 aromatic carbocycles. The molecule has 0 heterocycles. The Hall–Kier alpha value is -1.42. The lowest BCUT2D eigenvalue weighted by atomic mass is 10.2. The van der Waals surface area contributed by atoms with Gasteiger partial charge in [-0.05, 0) is 36.4 Å². The Labute approximate surface area is 131 Å². The highest BCUT2D eigenvalue weighted by atomic mass is 35.5. The summed E-state index contributed by atoms with van der Waals surface area (Å²) in [4.78, 5) is 12.1. The van der Waals surface area contributed by atoms with Crippen molar-refractivity contribution in [2.45, 2.75) is 0 Å². The second-order valence-electron chi connectivity index (χ2n) is 3.93. The number of ether oxygens (including phenoxy) is 1. The Bertz CT molecular complexity index is 618. The lowest BCUT2D eigenvalue weighted by Crippen LogP contribution is -2.12. The molecular formula is C14H10Cl3NO2. The van der Waals surface area contributed by atoms with E-state index in [1.165, 1.54) is 19.2 Å². The third kappa shape index (κ3) is 3.37. The van der Waals surface area contributed by atoms with Crippen molar-refractivity contribution in [1.82, 2.24) is 0 Å². The Morgan fingerprint density at radius 2 is 1.60 bits per heavy atom. The van der Waals surface area contributed by atoms with E-state index in [0.29, 0.717) is 22.0 Å². The number of hydrogen-bond acceptors (Lipinski definition) is 2. The first-order valence-corrected chi connectivity index (χ1v) is 6.74. The maximum atomic E-state index is 12.1. The number of hydrogen-bond donors (Lipinski definition) is 1. The second kappa shape index (κ2) is 6.35. The van der Waals surface area contributed by atoms with Crippen molar-refractivity contribution < 1.29 is 9.53 Å². The SMILES string of the molecule is COc1c(Cl)cc(C(=O)Nc2ccc(Cl)cc2)cc1Cl. The van der Waals surface area contributed by atoms with E-state index in [4.69, 9.17) is 39.5 Å². The van der Waals surface area contributed by atoms with Crippen LogP contribution in [0, 0.1) is 0 Å². The average molecular weight is 331 g/mol. The van der Waals surface area contributed by atoms with Gasteiger partial charge in [-0.25, -0.2) is 0 Å². The van der Waals surface area contributed by atoms with E-state index in [1.807, 2.05) is 0 Å². The molecule has 3 nitrogen and oxygen atoms in total. The summed E-state index contributed by atoms with van der Waals surface area (Å²) in [5.41, 5.74) is 0.971. The molecule has 0 aliphatic rings. The molecule has 20 heavy (non-hydrogen) atoms. The van der Waals surface area contributed by atoms with E-state index >= 15 is 0 Å². The van der Waals surface area contributed by atoms with Gasteiger partial charge in [0.05, 0.1) is 17.2 Å². The van der Waals surface area contributed by atoms with Gasteiger partial charge >= 0.3 is 0 Å². The van der Waals surface area contributed by atoms with Gasteiger partial charge in [-0.2, -0.15) is 0 Å². The van der Waals surface area contributed by atoms with E-state index in [9.17, 15) is 4.79 Å². The van der Waals surface area contributed by atoms with Crippen LogP contribution in [0.25, 0.3) is 0 Å². The third-order valence-electron chi connectivity index (χ3n) is 2.57. The Balaban J connectivity index is 2.23. The quantitative estimate of drug-likeness (QED) is 0.868. The fourth-order valence-corrected chi connectivity index (χ4v) is 2.39. The first-order valence-electron chi connectivity index (χ1n) is 5.61. The minimum atomic E-state index is -0.321. The Kier molecular flexibility index (Phi) is 4.76. The number of carbonyl (C=O) groups is 1. The lowest BCUT2D eigenvalue weighted by Gasteiger charge is -2.09. The summed E-state index contributed by atoms with van der Waals surface area (Å²) in [5.74, 6) is 0.0233. The summed E-state index contributed by atoms with van der Waals surface area (Å²) >= 11 is 17.8. The largest absolute Gasteiger partial charge is 0.494 e. The second-order valence-corrected chi connectivity index (χ2v) is 5.18. The molecule has 0 fully saturated rings. The van der Waals surface area contributed by atoms with Gasteiger partial charge in [0.2, 0.25) is 0 Å². The number of anilines is 1. The van der Waals surface area contributed by atoms with Crippen LogP contribution in [0.2, 0.25) is 15.1 Å². The van der Waals surface area contributed by atoms with Crippen LogP contribution < -0.4 is 10.1 Å². The highest BCUT2D eigenvalue weighted by Gasteiger charge is 2.13. The predicted octanol–water partition coefficient (Wildman–Crippen LogP) is 4.91. The highest BCUT2D eigenvalue weighted by molar-refractivity contribution is 6.37. The number of halogens is 3. The first-order chi connectivity index (χ1) is 9.51. The first kappa shape index (κ1) is 15.0. The molecule has 0 bridgehead atoms. The number of carbonyl (C=O) groups excluding carboxylic acids is 1. The van der Waals surface area contributed by atoms with Crippen molar-refractivity contribution in [3.05, 3.63) is 57.0 Å². The number of methoxy groups -OCH3 is 1. The summed E-state index contributed by atoms with van der Waals surface area (Å²) < 4.78 is 5.03. The van der Waals surface area contributed by atoms with E-state index in [0.717, 1.165) is 0 Å². The molecule has 0 spiro atoms. The van der Waals surface area contributed by atoms with Crippen molar-refractivity contribution in [3.8, 4) is 5.75 Å². The van der Waals surface area contributed by atoms with Crippen LogP contribution in [0.1, 0.15) is 10.4 Å². The molecule has 6 heteroatoms. The minimum Gasteiger partial charge on any atom is -0.494 e. The molecular weight excluding hydrogens is 321 g/mol. The van der Waals surface area contributed by atoms with Gasteiger partial charge in [0, 0.05) is 16.3 Å². The van der Waals surface area contributed by atoms with Crippen LogP contribution in [0.3, 0.4) is 0 Å². The summed E-state index contributed by atoms with van der Waals surface area (Å²) in [6.45, 7) is 0. The van der Waals surface area contributed by atoms with E-state index < -0.39 is 0 Å².